The Labute approximate surface area is 145 Å². The maximum Gasteiger partial charge on any atom is 0.0797 e. The van der Waals surface area contributed by atoms with E-state index in [9.17, 15) is 5.11 Å². The molecule has 0 aromatic rings. The second-order valence-electron chi connectivity index (χ2n) is 8.74. The normalized spacial score (nSPS) is 40.6. The van der Waals surface area contributed by atoms with Crippen LogP contribution < -0.4 is 0 Å². The molecule has 0 aromatic carbocycles. The van der Waals surface area contributed by atoms with Crippen LogP contribution >= 0.6 is 15.9 Å². The fourth-order valence-corrected chi connectivity index (χ4v) is 5.76. The highest BCUT2D eigenvalue weighted by Crippen LogP contribution is 2.63. The molecule has 0 radical (unpaired) electrons. The van der Waals surface area contributed by atoms with Gasteiger partial charge in [-0.2, -0.15) is 0 Å². The van der Waals surface area contributed by atoms with E-state index in [4.69, 9.17) is 0 Å². The third-order valence-electron chi connectivity index (χ3n) is 6.86. The van der Waals surface area contributed by atoms with Gasteiger partial charge in [0.15, 0.2) is 0 Å². The molecule has 0 unspecified atom stereocenters. The smallest absolute Gasteiger partial charge is 0.0797 e. The van der Waals surface area contributed by atoms with Crippen molar-refractivity contribution in [1.82, 2.24) is 0 Å². The molecule has 0 bridgehead atoms. The van der Waals surface area contributed by atoms with Crippen LogP contribution in [0.3, 0.4) is 0 Å². The molecule has 2 rings (SSSR count). The Kier molecular flexibility index (Phi) is 5.06. The first-order chi connectivity index (χ1) is 10.0. The molecular weight excluding hydrogens is 336 g/mol. The van der Waals surface area contributed by atoms with Gasteiger partial charge in [0, 0.05) is 4.83 Å². The molecule has 0 aromatic heterocycles. The van der Waals surface area contributed by atoms with Crippen molar-refractivity contribution in [1.29, 1.82) is 0 Å². The van der Waals surface area contributed by atoms with Crippen molar-refractivity contribution >= 4 is 15.9 Å². The van der Waals surface area contributed by atoms with Crippen molar-refractivity contribution in [3.63, 3.8) is 0 Å². The summed E-state index contributed by atoms with van der Waals surface area (Å²) < 4.78 is 0. The van der Waals surface area contributed by atoms with Crippen molar-refractivity contribution in [2.24, 2.45) is 22.7 Å². The minimum Gasteiger partial charge on any atom is -0.386 e. The maximum atomic E-state index is 10.3. The molecule has 2 aliphatic carbocycles. The molecule has 0 spiro atoms. The van der Waals surface area contributed by atoms with Crippen LogP contribution in [0.25, 0.3) is 0 Å². The van der Waals surface area contributed by atoms with E-state index in [1.807, 2.05) is 6.92 Å². The van der Waals surface area contributed by atoms with Crippen molar-refractivity contribution in [2.75, 3.05) is 0 Å². The largest absolute Gasteiger partial charge is 0.386 e. The van der Waals surface area contributed by atoms with Crippen LogP contribution in [0.5, 0.6) is 0 Å². The highest BCUT2D eigenvalue weighted by Gasteiger charge is 2.55. The van der Waals surface area contributed by atoms with Gasteiger partial charge >= 0.3 is 0 Å². The Balaban J connectivity index is 2.25. The summed E-state index contributed by atoms with van der Waals surface area (Å²) in [6.07, 6.45) is 8.38. The Hall–Kier alpha value is -0.0800. The molecule has 1 N–H and O–H groups in total. The van der Waals surface area contributed by atoms with Gasteiger partial charge in [-0.3, -0.25) is 0 Å². The molecule has 2 aliphatic rings. The van der Waals surface area contributed by atoms with Gasteiger partial charge in [-0.15, -0.1) is 6.58 Å². The number of rotatable bonds is 4. The Morgan fingerprint density at radius 3 is 2.59 bits per heavy atom. The molecule has 0 heterocycles. The van der Waals surface area contributed by atoms with Crippen LogP contribution in [0.1, 0.15) is 66.2 Å². The number of aliphatic hydroxyl groups is 1. The Morgan fingerprint density at radius 1 is 1.36 bits per heavy atom. The van der Waals surface area contributed by atoms with Gasteiger partial charge in [-0.1, -0.05) is 54.9 Å². The molecule has 126 valence electrons. The third kappa shape index (κ3) is 3.11. The zero-order valence-corrected chi connectivity index (χ0v) is 16.4. The number of allylic oxidation sites excluding steroid dienone is 1. The first kappa shape index (κ1) is 18.3. The van der Waals surface area contributed by atoms with Gasteiger partial charge in [-0.25, -0.2) is 0 Å². The molecule has 0 amide bonds. The summed E-state index contributed by atoms with van der Waals surface area (Å²) in [4.78, 5) is 0.612. The standard InChI is InChI=1S/C20H33BrO/c1-7-19(5,22)12-10-15-14(2)8-9-16-18(3,4)17(21)11-13-20(15,16)6/h7,15-17,22H,1-2,8-13H2,3-6H3/t15-,16+,17+,19-,20-/m0/s1. The summed E-state index contributed by atoms with van der Waals surface area (Å²) >= 11 is 3.94. The fourth-order valence-electron chi connectivity index (χ4n) is 5.21. The quantitative estimate of drug-likeness (QED) is 0.485. The summed E-state index contributed by atoms with van der Waals surface area (Å²) in [6.45, 7) is 17.4. The SMILES string of the molecule is C=C[C@](C)(O)CC[C@H]1C(=C)CC[C@@H]2C(C)(C)[C@H](Br)CC[C@]21C. The topological polar surface area (TPSA) is 20.2 Å². The van der Waals surface area contributed by atoms with E-state index < -0.39 is 5.60 Å². The lowest BCUT2D eigenvalue weighted by atomic mass is 9.47. The average Bonchev–Trinajstić information content (AvgIpc) is 2.42. The molecule has 0 aliphatic heterocycles. The monoisotopic (exact) mass is 368 g/mol. The second-order valence-corrected chi connectivity index (χ2v) is 9.84. The van der Waals surface area contributed by atoms with E-state index in [1.165, 1.54) is 24.8 Å². The lowest BCUT2D eigenvalue weighted by Gasteiger charge is -2.59. The van der Waals surface area contributed by atoms with Crippen molar-refractivity contribution in [2.45, 2.75) is 76.6 Å². The van der Waals surface area contributed by atoms with Gasteiger partial charge in [0.05, 0.1) is 5.60 Å². The first-order valence-corrected chi connectivity index (χ1v) is 9.64. The van der Waals surface area contributed by atoms with Crippen molar-refractivity contribution in [3.8, 4) is 0 Å². The van der Waals surface area contributed by atoms with Crippen LogP contribution in [-0.2, 0) is 0 Å². The molecule has 5 atom stereocenters. The van der Waals surface area contributed by atoms with Crippen molar-refractivity contribution < 1.29 is 5.11 Å². The van der Waals surface area contributed by atoms with Gasteiger partial charge in [0.1, 0.15) is 0 Å². The summed E-state index contributed by atoms with van der Waals surface area (Å²) in [7, 11) is 0. The average molecular weight is 369 g/mol. The van der Waals surface area contributed by atoms with Crippen LogP contribution in [-0.4, -0.2) is 15.5 Å². The number of hydrogen-bond acceptors (Lipinski definition) is 1. The van der Waals surface area contributed by atoms with Gasteiger partial charge in [-0.05, 0) is 68.1 Å². The van der Waals surface area contributed by atoms with Gasteiger partial charge in [0.2, 0.25) is 0 Å². The maximum absolute atomic E-state index is 10.3. The highest BCUT2D eigenvalue weighted by atomic mass is 79.9. The predicted octanol–water partition coefficient (Wildman–Crippen LogP) is 5.88. The molecule has 2 saturated carbocycles. The van der Waals surface area contributed by atoms with E-state index >= 15 is 0 Å². The third-order valence-corrected chi connectivity index (χ3v) is 8.50. The summed E-state index contributed by atoms with van der Waals surface area (Å²) in [5, 5.41) is 10.3. The molecular formula is C20H33BrO. The first-order valence-electron chi connectivity index (χ1n) is 8.72. The molecule has 22 heavy (non-hydrogen) atoms. The van der Waals surface area contributed by atoms with E-state index in [-0.39, 0.29) is 0 Å². The Bertz CT molecular complexity index is 451. The predicted molar refractivity (Wildman–Crippen MR) is 99.2 cm³/mol. The summed E-state index contributed by atoms with van der Waals surface area (Å²) in [6, 6.07) is 0. The van der Waals surface area contributed by atoms with E-state index in [2.05, 4.69) is 49.9 Å². The molecule has 0 saturated heterocycles. The van der Waals surface area contributed by atoms with E-state index in [0.29, 0.717) is 21.6 Å². The lowest BCUT2D eigenvalue weighted by molar-refractivity contribution is -0.0531. The summed E-state index contributed by atoms with van der Waals surface area (Å²) in [5.74, 6) is 1.25. The highest BCUT2D eigenvalue weighted by molar-refractivity contribution is 9.09. The van der Waals surface area contributed by atoms with Gasteiger partial charge in [0.25, 0.3) is 0 Å². The second kappa shape index (κ2) is 6.09. The lowest BCUT2D eigenvalue weighted by Crippen LogP contribution is -2.53. The zero-order chi connectivity index (χ0) is 16.8. The number of halogens is 1. The minimum absolute atomic E-state index is 0.320. The fraction of sp³-hybridized carbons (Fsp3) is 0.800. The minimum atomic E-state index is -0.758. The molecule has 2 heteroatoms. The number of fused-ring (bicyclic) bond motifs is 1. The summed E-state index contributed by atoms with van der Waals surface area (Å²) in [5.41, 5.74) is 1.29. The van der Waals surface area contributed by atoms with Crippen molar-refractivity contribution in [3.05, 3.63) is 24.8 Å². The Morgan fingerprint density at radius 2 is 2.00 bits per heavy atom. The van der Waals surface area contributed by atoms with Crippen LogP contribution in [0.15, 0.2) is 24.8 Å². The van der Waals surface area contributed by atoms with Crippen LogP contribution in [0.2, 0.25) is 0 Å². The van der Waals surface area contributed by atoms with E-state index in [1.54, 1.807) is 6.08 Å². The zero-order valence-electron chi connectivity index (χ0n) is 14.8. The number of alkyl halides is 1. The molecule has 2 fully saturated rings. The number of hydrogen-bond donors (Lipinski definition) is 1. The van der Waals surface area contributed by atoms with E-state index in [0.717, 1.165) is 25.2 Å². The van der Waals surface area contributed by atoms with Crippen LogP contribution in [0.4, 0.5) is 0 Å². The molecule has 1 nitrogen and oxygen atoms in total. The van der Waals surface area contributed by atoms with Crippen LogP contribution in [0, 0.1) is 22.7 Å². The van der Waals surface area contributed by atoms with Gasteiger partial charge < -0.3 is 5.11 Å².